The molecule has 0 saturated carbocycles. The third-order valence-corrected chi connectivity index (χ3v) is 4.97. The first-order valence-corrected chi connectivity index (χ1v) is 9.41. The molecule has 7 nitrogen and oxygen atoms in total. The Hall–Kier alpha value is -1.06. The van der Waals surface area contributed by atoms with E-state index < -0.39 is 0 Å². The zero-order valence-electron chi connectivity index (χ0n) is 13.8. The largest absolute Gasteiger partial charge is 0.379 e. The Morgan fingerprint density at radius 1 is 1.38 bits per heavy atom. The minimum atomic E-state index is -0.118. The van der Waals surface area contributed by atoms with Crippen molar-refractivity contribution in [1.29, 1.82) is 0 Å². The molecule has 24 heavy (non-hydrogen) atoms. The average Bonchev–Trinajstić information content (AvgIpc) is 3.14. The minimum absolute atomic E-state index is 0.00887. The number of carbonyl (C=O) groups excluding carboxylic acids is 1. The normalized spacial score (nSPS) is 25.5. The molecule has 2 aliphatic heterocycles. The second-order valence-corrected chi connectivity index (χ2v) is 6.79. The maximum absolute atomic E-state index is 12.3. The van der Waals surface area contributed by atoms with Crippen LogP contribution in [0.5, 0.6) is 0 Å². The number of amides is 1. The van der Waals surface area contributed by atoms with E-state index in [2.05, 4.69) is 15.2 Å². The van der Waals surface area contributed by atoms with Gasteiger partial charge in [0.1, 0.15) is 6.10 Å². The minimum Gasteiger partial charge on any atom is -0.379 e. The van der Waals surface area contributed by atoms with Crippen LogP contribution in [0.3, 0.4) is 0 Å². The molecule has 1 aromatic rings. The van der Waals surface area contributed by atoms with Crippen molar-refractivity contribution in [1.82, 2.24) is 15.2 Å². The molecule has 1 aromatic heterocycles. The molecule has 134 valence electrons. The molecule has 1 N–H and O–H groups in total. The number of carbonyl (C=O) groups is 1. The SMILES string of the molecule is O=C(CCN1CCOCC1)N[C@@H]1CCOC[C@H]1OCc1cscn1. The van der Waals surface area contributed by atoms with E-state index in [9.17, 15) is 4.79 Å². The van der Waals surface area contributed by atoms with Gasteiger partial charge in [-0.15, -0.1) is 11.3 Å². The first kappa shape index (κ1) is 17.8. The lowest BCUT2D eigenvalue weighted by Crippen LogP contribution is -2.50. The lowest BCUT2D eigenvalue weighted by atomic mass is 10.1. The smallest absolute Gasteiger partial charge is 0.221 e. The van der Waals surface area contributed by atoms with Crippen LogP contribution in [0.4, 0.5) is 0 Å². The van der Waals surface area contributed by atoms with Gasteiger partial charge in [0.15, 0.2) is 0 Å². The molecule has 0 aromatic carbocycles. The number of thiazole rings is 1. The highest BCUT2D eigenvalue weighted by Crippen LogP contribution is 2.14. The molecule has 2 saturated heterocycles. The van der Waals surface area contributed by atoms with Crippen LogP contribution in [-0.2, 0) is 25.6 Å². The molecule has 3 heterocycles. The maximum atomic E-state index is 12.3. The topological polar surface area (TPSA) is 72.9 Å². The highest BCUT2D eigenvalue weighted by Gasteiger charge is 2.28. The van der Waals surface area contributed by atoms with Gasteiger partial charge >= 0.3 is 0 Å². The van der Waals surface area contributed by atoms with Crippen LogP contribution in [0.1, 0.15) is 18.5 Å². The standard InChI is InChI=1S/C16H25N3O4S/c20-16(1-3-19-4-7-21-8-5-19)18-14-2-6-22-10-15(14)23-9-13-11-24-12-17-13/h11-12,14-15H,1-10H2,(H,18,20)/t14-,15-/m1/s1. The van der Waals surface area contributed by atoms with E-state index >= 15 is 0 Å². The molecular formula is C16H25N3O4S. The van der Waals surface area contributed by atoms with E-state index in [1.54, 1.807) is 16.8 Å². The second-order valence-electron chi connectivity index (χ2n) is 6.07. The van der Waals surface area contributed by atoms with E-state index in [0.29, 0.717) is 26.2 Å². The van der Waals surface area contributed by atoms with Crippen molar-refractivity contribution >= 4 is 17.2 Å². The van der Waals surface area contributed by atoms with Crippen molar-refractivity contribution in [3.05, 3.63) is 16.6 Å². The second kappa shape index (κ2) is 9.43. The van der Waals surface area contributed by atoms with Crippen molar-refractivity contribution in [2.75, 3.05) is 46.1 Å². The molecule has 0 aliphatic carbocycles. The lowest BCUT2D eigenvalue weighted by Gasteiger charge is -2.32. The third kappa shape index (κ3) is 5.49. The van der Waals surface area contributed by atoms with Crippen molar-refractivity contribution in [3.8, 4) is 0 Å². The Labute approximate surface area is 146 Å². The summed E-state index contributed by atoms with van der Waals surface area (Å²) in [6, 6.07) is 0.00887. The predicted octanol–water partition coefficient (Wildman–Crippen LogP) is 0.656. The fourth-order valence-electron chi connectivity index (χ4n) is 2.91. The summed E-state index contributed by atoms with van der Waals surface area (Å²) in [5.41, 5.74) is 2.71. The maximum Gasteiger partial charge on any atom is 0.221 e. The Kier molecular flexibility index (Phi) is 6.98. The van der Waals surface area contributed by atoms with Crippen LogP contribution in [-0.4, -0.2) is 74.0 Å². The summed E-state index contributed by atoms with van der Waals surface area (Å²) >= 11 is 1.55. The Morgan fingerprint density at radius 2 is 2.25 bits per heavy atom. The van der Waals surface area contributed by atoms with E-state index in [-0.39, 0.29) is 18.1 Å². The van der Waals surface area contributed by atoms with E-state index in [4.69, 9.17) is 14.2 Å². The number of hydrogen-bond acceptors (Lipinski definition) is 7. The predicted molar refractivity (Wildman–Crippen MR) is 89.9 cm³/mol. The molecule has 0 unspecified atom stereocenters. The van der Waals surface area contributed by atoms with E-state index in [0.717, 1.165) is 45.0 Å². The molecule has 3 rings (SSSR count). The van der Waals surface area contributed by atoms with Gasteiger partial charge < -0.3 is 19.5 Å². The first-order chi connectivity index (χ1) is 11.8. The average molecular weight is 355 g/mol. The first-order valence-electron chi connectivity index (χ1n) is 8.47. The van der Waals surface area contributed by atoms with Crippen molar-refractivity contribution in [3.63, 3.8) is 0 Å². The molecule has 8 heteroatoms. The molecule has 2 aliphatic rings. The number of morpholine rings is 1. The van der Waals surface area contributed by atoms with Crippen molar-refractivity contribution in [2.45, 2.75) is 31.6 Å². The molecular weight excluding hydrogens is 330 g/mol. The van der Waals surface area contributed by atoms with Gasteiger partial charge in [-0.05, 0) is 6.42 Å². The fourth-order valence-corrected chi connectivity index (χ4v) is 3.45. The zero-order valence-corrected chi connectivity index (χ0v) is 14.6. The van der Waals surface area contributed by atoms with Gasteiger partial charge in [0, 0.05) is 38.0 Å². The monoisotopic (exact) mass is 355 g/mol. The van der Waals surface area contributed by atoms with Crippen molar-refractivity contribution < 1.29 is 19.0 Å². The molecule has 1 amide bonds. The van der Waals surface area contributed by atoms with Crippen LogP contribution in [0, 0.1) is 0 Å². The van der Waals surface area contributed by atoms with Gasteiger partial charge in [-0.2, -0.15) is 0 Å². The molecule has 0 spiro atoms. The van der Waals surface area contributed by atoms with Crippen LogP contribution in [0.2, 0.25) is 0 Å². The summed E-state index contributed by atoms with van der Waals surface area (Å²) in [6.07, 6.45) is 1.18. The summed E-state index contributed by atoms with van der Waals surface area (Å²) in [5, 5.41) is 5.09. The van der Waals surface area contributed by atoms with Gasteiger partial charge in [0.2, 0.25) is 5.91 Å². The molecule has 2 atom stereocenters. The van der Waals surface area contributed by atoms with Gasteiger partial charge in [-0.1, -0.05) is 0 Å². The van der Waals surface area contributed by atoms with Gasteiger partial charge in [-0.25, -0.2) is 4.98 Å². The summed E-state index contributed by atoms with van der Waals surface area (Å²) in [7, 11) is 0. The van der Waals surface area contributed by atoms with Gasteiger partial charge in [-0.3, -0.25) is 9.69 Å². The molecule has 0 bridgehead atoms. The summed E-state index contributed by atoms with van der Waals surface area (Å²) in [4.78, 5) is 18.7. The fraction of sp³-hybridized carbons (Fsp3) is 0.750. The van der Waals surface area contributed by atoms with Crippen LogP contribution >= 0.6 is 11.3 Å². The number of rotatable bonds is 7. The Balaban J connectivity index is 1.41. The lowest BCUT2D eigenvalue weighted by molar-refractivity contribution is -0.127. The molecule has 2 fully saturated rings. The third-order valence-electron chi connectivity index (χ3n) is 4.34. The number of hydrogen-bond donors (Lipinski definition) is 1. The van der Waals surface area contributed by atoms with Gasteiger partial charge in [0.25, 0.3) is 0 Å². The number of nitrogens with one attached hydrogen (secondary N) is 1. The zero-order chi connectivity index (χ0) is 16.6. The summed E-state index contributed by atoms with van der Waals surface area (Å²) in [6.45, 7) is 5.74. The molecule has 0 radical (unpaired) electrons. The Bertz CT molecular complexity index is 494. The highest BCUT2D eigenvalue weighted by molar-refractivity contribution is 7.07. The van der Waals surface area contributed by atoms with Gasteiger partial charge in [0.05, 0.1) is 43.7 Å². The number of ether oxygens (including phenoxy) is 3. The number of nitrogens with zero attached hydrogens (tertiary/aromatic N) is 2. The van der Waals surface area contributed by atoms with Crippen LogP contribution in [0.25, 0.3) is 0 Å². The van der Waals surface area contributed by atoms with Crippen LogP contribution in [0.15, 0.2) is 10.9 Å². The summed E-state index contributed by atoms with van der Waals surface area (Å²) < 4.78 is 16.7. The quantitative estimate of drug-likeness (QED) is 0.774. The van der Waals surface area contributed by atoms with E-state index in [1.807, 2.05) is 5.38 Å². The van der Waals surface area contributed by atoms with E-state index in [1.165, 1.54) is 0 Å². The summed E-state index contributed by atoms with van der Waals surface area (Å²) in [5.74, 6) is 0.0793. The van der Waals surface area contributed by atoms with Crippen LogP contribution < -0.4 is 5.32 Å². The number of aromatic nitrogens is 1. The highest BCUT2D eigenvalue weighted by atomic mass is 32.1. The Morgan fingerprint density at radius 3 is 3.04 bits per heavy atom. The van der Waals surface area contributed by atoms with Crippen molar-refractivity contribution in [2.24, 2.45) is 0 Å².